The molecule has 7 heteroatoms. The molecule has 1 aliphatic carbocycles. The van der Waals surface area contributed by atoms with Gasteiger partial charge in [-0.1, -0.05) is 25.0 Å². The van der Waals surface area contributed by atoms with E-state index in [4.69, 9.17) is 4.98 Å². The van der Waals surface area contributed by atoms with Gasteiger partial charge in [-0.15, -0.1) is 11.3 Å². The molecule has 0 spiro atoms. The van der Waals surface area contributed by atoms with Crippen molar-refractivity contribution in [2.45, 2.75) is 65.3 Å². The lowest BCUT2D eigenvalue weighted by Crippen LogP contribution is -2.24. The van der Waals surface area contributed by atoms with Crippen LogP contribution in [0.15, 0.2) is 41.7 Å². The second kappa shape index (κ2) is 10.7. The average molecular weight is 450 g/mol. The van der Waals surface area contributed by atoms with Crippen molar-refractivity contribution in [3.05, 3.63) is 52.9 Å². The van der Waals surface area contributed by atoms with Crippen molar-refractivity contribution in [1.82, 2.24) is 24.8 Å². The van der Waals surface area contributed by atoms with Crippen molar-refractivity contribution in [2.75, 3.05) is 6.54 Å². The minimum atomic E-state index is -0.00258. The van der Waals surface area contributed by atoms with Crippen LogP contribution in [0.3, 0.4) is 0 Å². The topological polar surface area (TPSA) is 72.7 Å². The fourth-order valence-electron chi connectivity index (χ4n) is 4.15. The van der Waals surface area contributed by atoms with Gasteiger partial charge in [-0.05, 0) is 51.5 Å². The largest absolute Gasteiger partial charge is 0.352 e. The standard InChI is InChI=1S/C25H31N5OS/c1-3-4-11-28-24(31)20-15-23(22-17-32-25(29-22)21-16-26-12-13-27-21)30(18(20)2)14-10-19-8-6-5-7-9-19/h8,12-13,15-17H,3-7,9-11,14H2,1-2H3,(H,28,31). The number of nitrogens with one attached hydrogen (secondary N) is 1. The van der Waals surface area contributed by atoms with Crippen molar-refractivity contribution in [2.24, 2.45) is 0 Å². The Morgan fingerprint density at radius 1 is 1.25 bits per heavy atom. The average Bonchev–Trinajstić information content (AvgIpc) is 3.44. The first-order valence-electron chi connectivity index (χ1n) is 11.6. The van der Waals surface area contributed by atoms with E-state index < -0.39 is 0 Å². The van der Waals surface area contributed by atoms with Gasteiger partial charge in [0.2, 0.25) is 0 Å². The maximum Gasteiger partial charge on any atom is 0.253 e. The van der Waals surface area contributed by atoms with Crippen LogP contribution in [0.5, 0.6) is 0 Å². The predicted octanol–water partition coefficient (Wildman–Crippen LogP) is 5.80. The molecule has 32 heavy (non-hydrogen) atoms. The van der Waals surface area contributed by atoms with E-state index in [0.717, 1.165) is 59.2 Å². The van der Waals surface area contributed by atoms with Crippen LogP contribution in [0.4, 0.5) is 0 Å². The van der Waals surface area contributed by atoms with Gasteiger partial charge in [-0.3, -0.25) is 14.8 Å². The Kier molecular flexibility index (Phi) is 7.47. The molecule has 168 valence electrons. The molecule has 3 aromatic rings. The van der Waals surface area contributed by atoms with Crippen LogP contribution in [0.25, 0.3) is 22.1 Å². The van der Waals surface area contributed by atoms with E-state index in [9.17, 15) is 4.79 Å². The third kappa shape index (κ3) is 5.15. The van der Waals surface area contributed by atoms with Crippen molar-refractivity contribution in [3.8, 4) is 22.1 Å². The van der Waals surface area contributed by atoms with Gasteiger partial charge < -0.3 is 9.88 Å². The number of allylic oxidation sites excluding steroid dienone is 2. The molecule has 3 heterocycles. The van der Waals surface area contributed by atoms with Gasteiger partial charge in [0.15, 0.2) is 0 Å². The molecule has 0 aromatic carbocycles. The van der Waals surface area contributed by atoms with E-state index in [1.807, 2.05) is 18.4 Å². The lowest BCUT2D eigenvalue weighted by molar-refractivity contribution is 0.0952. The fraction of sp³-hybridized carbons (Fsp3) is 0.440. The quantitative estimate of drug-likeness (QED) is 0.331. The molecular weight excluding hydrogens is 418 g/mol. The number of hydrogen-bond acceptors (Lipinski definition) is 5. The molecule has 0 radical (unpaired) electrons. The van der Waals surface area contributed by atoms with Crippen LogP contribution in [0, 0.1) is 6.92 Å². The second-order valence-electron chi connectivity index (χ2n) is 8.28. The Morgan fingerprint density at radius 2 is 2.16 bits per heavy atom. The molecule has 4 rings (SSSR count). The number of carbonyl (C=O) groups excluding carboxylic acids is 1. The maximum atomic E-state index is 12.9. The molecule has 0 saturated heterocycles. The van der Waals surface area contributed by atoms with Crippen LogP contribution >= 0.6 is 11.3 Å². The van der Waals surface area contributed by atoms with Gasteiger partial charge >= 0.3 is 0 Å². The summed E-state index contributed by atoms with van der Waals surface area (Å²) in [5, 5.41) is 5.95. The van der Waals surface area contributed by atoms with Crippen LogP contribution < -0.4 is 5.32 Å². The van der Waals surface area contributed by atoms with E-state index in [0.29, 0.717) is 6.54 Å². The van der Waals surface area contributed by atoms with E-state index in [1.54, 1.807) is 29.9 Å². The summed E-state index contributed by atoms with van der Waals surface area (Å²) in [4.78, 5) is 26.3. The van der Waals surface area contributed by atoms with Crippen molar-refractivity contribution < 1.29 is 4.79 Å². The molecule has 0 aliphatic heterocycles. The normalized spacial score (nSPS) is 13.8. The molecule has 0 unspecified atom stereocenters. The third-order valence-electron chi connectivity index (χ3n) is 6.02. The maximum absolute atomic E-state index is 12.9. The first-order chi connectivity index (χ1) is 15.7. The van der Waals surface area contributed by atoms with Gasteiger partial charge in [0.05, 0.1) is 23.1 Å². The highest BCUT2D eigenvalue weighted by atomic mass is 32.1. The molecule has 1 aliphatic rings. The molecular formula is C25H31N5OS. The molecule has 1 amide bonds. The highest BCUT2D eigenvalue weighted by Crippen LogP contribution is 2.31. The van der Waals surface area contributed by atoms with Crippen molar-refractivity contribution in [3.63, 3.8) is 0 Å². The third-order valence-corrected chi connectivity index (χ3v) is 6.88. The number of aromatic nitrogens is 4. The van der Waals surface area contributed by atoms with Gasteiger partial charge in [-0.2, -0.15) is 0 Å². The second-order valence-corrected chi connectivity index (χ2v) is 9.13. The summed E-state index contributed by atoms with van der Waals surface area (Å²) in [5.41, 5.74) is 5.91. The molecule has 0 atom stereocenters. The van der Waals surface area contributed by atoms with Crippen LogP contribution in [-0.4, -0.2) is 32.0 Å². The Morgan fingerprint density at radius 3 is 2.91 bits per heavy atom. The van der Waals surface area contributed by atoms with Gasteiger partial charge in [0.1, 0.15) is 10.7 Å². The Labute approximate surface area is 193 Å². The fourth-order valence-corrected chi connectivity index (χ4v) is 4.93. The lowest BCUT2D eigenvalue weighted by atomic mass is 9.97. The number of unbranched alkanes of at least 4 members (excludes halogenated alkanes) is 1. The Bertz CT molecular complexity index is 1080. The SMILES string of the molecule is CCCCNC(=O)c1cc(-c2csc(-c3cnccn3)n2)n(CCC2=CCCCC2)c1C. The Hall–Kier alpha value is -2.80. The smallest absolute Gasteiger partial charge is 0.253 e. The molecule has 1 N–H and O–H groups in total. The van der Waals surface area contributed by atoms with Crippen LogP contribution in [0.1, 0.15) is 67.9 Å². The summed E-state index contributed by atoms with van der Waals surface area (Å²) >= 11 is 1.55. The summed E-state index contributed by atoms with van der Waals surface area (Å²) in [5.74, 6) is -0.00258. The monoisotopic (exact) mass is 449 g/mol. The zero-order valence-corrected chi connectivity index (χ0v) is 19.7. The molecule has 3 aromatic heterocycles. The van der Waals surface area contributed by atoms with Crippen molar-refractivity contribution in [1.29, 1.82) is 0 Å². The highest BCUT2D eigenvalue weighted by molar-refractivity contribution is 7.13. The lowest BCUT2D eigenvalue weighted by Gasteiger charge is -2.15. The number of carbonyl (C=O) groups is 1. The summed E-state index contributed by atoms with van der Waals surface area (Å²) in [6.45, 7) is 5.73. The number of nitrogens with zero attached hydrogens (tertiary/aromatic N) is 4. The van der Waals surface area contributed by atoms with Crippen LogP contribution in [0.2, 0.25) is 0 Å². The summed E-state index contributed by atoms with van der Waals surface area (Å²) < 4.78 is 2.26. The molecule has 0 saturated carbocycles. The first-order valence-corrected chi connectivity index (χ1v) is 12.4. The number of amides is 1. The number of thiazole rings is 1. The molecule has 6 nitrogen and oxygen atoms in total. The van der Waals surface area contributed by atoms with Gasteiger partial charge in [-0.25, -0.2) is 4.98 Å². The minimum absolute atomic E-state index is 0.00258. The zero-order valence-electron chi connectivity index (χ0n) is 18.9. The number of hydrogen-bond donors (Lipinski definition) is 1. The summed E-state index contributed by atoms with van der Waals surface area (Å²) in [6.07, 6.45) is 15.5. The zero-order chi connectivity index (χ0) is 22.3. The molecule has 0 fully saturated rings. The van der Waals surface area contributed by atoms with Gasteiger partial charge in [0, 0.05) is 36.6 Å². The van der Waals surface area contributed by atoms with E-state index in [-0.39, 0.29) is 5.91 Å². The predicted molar refractivity (Wildman–Crippen MR) is 130 cm³/mol. The minimum Gasteiger partial charge on any atom is -0.352 e. The van der Waals surface area contributed by atoms with Gasteiger partial charge in [0.25, 0.3) is 5.91 Å². The Balaban J connectivity index is 1.64. The van der Waals surface area contributed by atoms with Crippen LogP contribution in [-0.2, 0) is 6.54 Å². The summed E-state index contributed by atoms with van der Waals surface area (Å²) in [7, 11) is 0. The molecule has 0 bridgehead atoms. The highest BCUT2D eigenvalue weighted by Gasteiger charge is 2.20. The first kappa shape index (κ1) is 22.4. The van der Waals surface area contributed by atoms with E-state index in [2.05, 4.69) is 32.9 Å². The number of rotatable bonds is 9. The van der Waals surface area contributed by atoms with Crippen molar-refractivity contribution >= 4 is 17.2 Å². The van der Waals surface area contributed by atoms with E-state index >= 15 is 0 Å². The van der Waals surface area contributed by atoms with E-state index in [1.165, 1.54) is 31.3 Å². The summed E-state index contributed by atoms with van der Waals surface area (Å²) in [6, 6.07) is 2.00.